The van der Waals surface area contributed by atoms with Crippen molar-refractivity contribution in [2.24, 2.45) is 0 Å². The Morgan fingerprint density at radius 2 is 2.08 bits per heavy atom. The van der Waals surface area contributed by atoms with Gasteiger partial charge in [0.1, 0.15) is 22.7 Å². The molecule has 2 aromatic heterocycles. The molecule has 40 heavy (non-hydrogen) atoms. The summed E-state index contributed by atoms with van der Waals surface area (Å²) in [5.74, 6) is -6.10. The molecule has 1 saturated heterocycles. The number of carboxylic acids is 1. The summed E-state index contributed by atoms with van der Waals surface area (Å²) in [5.41, 5.74) is -1.29. The average molecular weight is 633 g/mol. The number of H-pyrrole nitrogens is 1. The number of β-lactam (4-membered cyclic amide) rings is 1. The van der Waals surface area contributed by atoms with Gasteiger partial charge in [0, 0.05) is 10.6 Å². The summed E-state index contributed by atoms with van der Waals surface area (Å²) in [6.45, 7) is 4.97. The molecule has 2 aliphatic rings. The number of aliphatic carboxylic acids is 1. The Kier molecular flexibility index (Phi) is 8.60. The largest absolute Gasteiger partial charge is 0.477 e. The van der Waals surface area contributed by atoms with Crippen molar-refractivity contribution in [1.29, 1.82) is 0 Å². The van der Waals surface area contributed by atoms with Crippen molar-refractivity contribution in [2.75, 3.05) is 11.5 Å². The zero-order chi connectivity index (χ0) is 29.4. The van der Waals surface area contributed by atoms with Crippen LogP contribution in [0, 0.1) is 0 Å². The minimum atomic E-state index is -4.58. The highest BCUT2D eigenvalue weighted by Gasteiger charge is 2.55. The third-order valence-electron chi connectivity index (χ3n) is 5.55. The smallest absolute Gasteiger partial charge is 0.352 e. The van der Waals surface area contributed by atoms with E-state index in [1.165, 1.54) is 11.3 Å². The summed E-state index contributed by atoms with van der Waals surface area (Å²) in [7, 11) is -4.58. The Labute approximate surface area is 240 Å². The average Bonchev–Trinajstić information content (AvgIpc) is 3.54. The van der Waals surface area contributed by atoms with E-state index in [0.717, 1.165) is 28.4 Å². The molecule has 4 atom stereocenters. The number of tetrazole rings is 1. The number of esters is 1. The molecule has 4 rings (SSSR count). The topological polar surface area (TPSA) is 222 Å². The Hall–Kier alpha value is -3.00. The first kappa shape index (κ1) is 30.0. The van der Waals surface area contributed by atoms with Gasteiger partial charge in [-0.1, -0.05) is 17.8 Å². The number of nitrogens with zero attached hydrogens (tertiary/aromatic N) is 4. The molecule has 2 aromatic rings. The lowest BCUT2D eigenvalue weighted by Gasteiger charge is -2.50. The monoisotopic (exact) mass is 632 g/mol. The number of carbonyl (C=O) groups is 4. The van der Waals surface area contributed by atoms with Crippen LogP contribution in [0.2, 0.25) is 0 Å². The molecule has 4 N–H and O–H groups in total. The molecule has 0 saturated carbocycles. The highest BCUT2D eigenvalue weighted by molar-refractivity contribution is 8.01. The number of carbonyl (C=O) groups excluding carboxylic acids is 3. The summed E-state index contributed by atoms with van der Waals surface area (Å²) in [4.78, 5) is 53.1. The fraction of sp³-hybridized carbons (Fsp3) is 0.476. The predicted octanol–water partition coefficient (Wildman–Crippen LogP) is 0.474. The van der Waals surface area contributed by atoms with Gasteiger partial charge >= 0.3 is 11.9 Å². The highest BCUT2D eigenvalue weighted by atomic mass is 32.2. The van der Waals surface area contributed by atoms with Gasteiger partial charge in [-0.3, -0.25) is 23.8 Å². The number of rotatable bonds is 10. The number of thioether (sulfide) groups is 2. The van der Waals surface area contributed by atoms with Crippen LogP contribution >= 0.6 is 34.9 Å². The number of hydrogen-bond donors (Lipinski definition) is 4. The molecule has 0 bridgehead atoms. The van der Waals surface area contributed by atoms with E-state index in [1.807, 2.05) is 0 Å². The number of ether oxygens (including phenoxy) is 1. The normalized spacial score (nSPS) is 20.8. The van der Waals surface area contributed by atoms with E-state index in [9.17, 15) is 37.3 Å². The first-order valence-electron chi connectivity index (χ1n) is 11.5. The summed E-state index contributed by atoms with van der Waals surface area (Å²) >= 11 is 3.01. The lowest BCUT2D eigenvalue weighted by atomic mass is 9.99. The van der Waals surface area contributed by atoms with Gasteiger partial charge in [-0.2, -0.15) is 13.6 Å². The Morgan fingerprint density at radius 1 is 1.35 bits per heavy atom. The van der Waals surface area contributed by atoms with Gasteiger partial charge < -0.3 is 15.2 Å². The van der Waals surface area contributed by atoms with Crippen molar-refractivity contribution in [2.45, 2.75) is 54.1 Å². The van der Waals surface area contributed by atoms with E-state index >= 15 is 0 Å². The Morgan fingerprint density at radius 3 is 2.62 bits per heavy atom. The molecule has 4 heterocycles. The first-order valence-corrected chi connectivity index (χ1v) is 15.9. The summed E-state index contributed by atoms with van der Waals surface area (Å²) < 4.78 is 38.4. The van der Waals surface area contributed by atoms with Crippen molar-refractivity contribution in [3.63, 3.8) is 0 Å². The minimum absolute atomic E-state index is 0.000139. The van der Waals surface area contributed by atoms with Crippen LogP contribution in [0.3, 0.4) is 0 Å². The molecule has 216 valence electrons. The number of aromatic amines is 1. The van der Waals surface area contributed by atoms with E-state index in [4.69, 9.17) is 4.74 Å². The van der Waals surface area contributed by atoms with Crippen LogP contribution in [-0.2, 0) is 34.0 Å². The number of thiophene rings is 1. The fourth-order valence-electron chi connectivity index (χ4n) is 4.02. The highest BCUT2D eigenvalue weighted by Crippen LogP contribution is 2.44. The SMILES string of the molecule is CC(C)(C)OC(=O)C(C(=O)NC1C(=O)N2C(C(=O)O)=C(C(CS(=O)(=O)O)Sc3nn[nH]n3)CS[C@H]12)c1cccs1. The number of fused-ring (bicyclic) bond motifs is 1. The summed E-state index contributed by atoms with van der Waals surface area (Å²) in [6, 6.07) is 2.11. The molecule has 0 aliphatic carbocycles. The predicted molar refractivity (Wildman–Crippen MR) is 143 cm³/mol. The quantitative estimate of drug-likeness (QED) is 0.0920. The molecule has 1 fully saturated rings. The molecule has 3 unspecified atom stereocenters. The van der Waals surface area contributed by atoms with Gasteiger partial charge in [0.15, 0.2) is 5.92 Å². The summed E-state index contributed by atoms with van der Waals surface area (Å²) in [6.07, 6.45) is 0. The summed E-state index contributed by atoms with van der Waals surface area (Å²) in [5, 5.41) is 25.3. The molecule has 0 radical (unpaired) electrons. The molecule has 2 aliphatic heterocycles. The number of nitrogens with one attached hydrogen (secondary N) is 2. The van der Waals surface area contributed by atoms with Crippen LogP contribution in [0.15, 0.2) is 33.9 Å². The minimum Gasteiger partial charge on any atom is -0.477 e. The van der Waals surface area contributed by atoms with Crippen molar-refractivity contribution in [3.05, 3.63) is 33.7 Å². The second kappa shape index (κ2) is 11.5. The zero-order valence-electron chi connectivity index (χ0n) is 21.1. The maximum atomic E-state index is 13.3. The molecule has 0 spiro atoms. The van der Waals surface area contributed by atoms with E-state index in [0.29, 0.717) is 4.88 Å². The van der Waals surface area contributed by atoms with Crippen molar-refractivity contribution in [3.8, 4) is 0 Å². The van der Waals surface area contributed by atoms with Crippen molar-refractivity contribution in [1.82, 2.24) is 30.8 Å². The second-order valence-electron chi connectivity index (χ2n) is 9.61. The van der Waals surface area contributed by atoms with Crippen LogP contribution in [0.4, 0.5) is 0 Å². The number of amides is 2. The van der Waals surface area contributed by atoms with Gasteiger partial charge in [-0.05, 0) is 43.0 Å². The van der Waals surface area contributed by atoms with E-state index < -0.39 is 73.5 Å². The molecule has 2 amide bonds. The second-order valence-corrected chi connectivity index (χ2v) is 14.4. The van der Waals surface area contributed by atoms with Crippen LogP contribution in [0.5, 0.6) is 0 Å². The van der Waals surface area contributed by atoms with E-state index in [1.54, 1.807) is 38.3 Å². The van der Waals surface area contributed by atoms with Gasteiger partial charge in [-0.15, -0.1) is 33.3 Å². The van der Waals surface area contributed by atoms with Gasteiger partial charge in [0.05, 0.1) is 11.0 Å². The maximum Gasteiger partial charge on any atom is 0.352 e. The Bertz CT molecular complexity index is 1440. The molecule has 19 heteroatoms. The van der Waals surface area contributed by atoms with Crippen molar-refractivity contribution < 1.29 is 42.0 Å². The lowest BCUT2D eigenvalue weighted by Crippen LogP contribution is -2.71. The number of carboxylic acid groups (broad SMARTS) is 1. The number of hydrogen-bond acceptors (Lipinski definition) is 13. The lowest BCUT2D eigenvalue weighted by molar-refractivity contribution is -0.160. The van der Waals surface area contributed by atoms with E-state index in [-0.39, 0.29) is 16.5 Å². The van der Waals surface area contributed by atoms with Crippen LogP contribution in [-0.4, -0.2) is 101 Å². The molecular formula is C21H24N6O9S4. The van der Waals surface area contributed by atoms with Crippen molar-refractivity contribution >= 4 is 68.7 Å². The van der Waals surface area contributed by atoms with Crippen LogP contribution in [0.1, 0.15) is 31.6 Å². The van der Waals surface area contributed by atoms with Crippen LogP contribution < -0.4 is 5.32 Å². The molecule has 15 nitrogen and oxygen atoms in total. The van der Waals surface area contributed by atoms with Gasteiger partial charge in [-0.25, -0.2) is 4.79 Å². The van der Waals surface area contributed by atoms with Crippen LogP contribution in [0.25, 0.3) is 0 Å². The van der Waals surface area contributed by atoms with Gasteiger partial charge in [0.2, 0.25) is 11.1 Å². The first-order chi connectivity index (χ1) is 18.7. The number of aromatic nitrogens is 4. The third-order valence-corrected chi connectivity index (χ3v) is 9.88. The standard InChI is InChI=1S/C21H24N6O9S4/c1-21(2,3)36-19(32)12(10-5-4-6-37-10)15(28)22-13-16(29)27-14(18(30)31)9(7-38-17(13)27)11(8-40(33,34)35)39-20-23-25-26-24-20/h4-6,11-13,17H,7-8H2,1-3H3,(H,22,28)(H,30,31)(H,33,34,35)(H,23,24,25,26)/t11?,12?,13?,17-/m1/s1. The zero-order valence-corrected chi connectivity index (χ0v) is 24.4. The third kappa shape index (κ3) is 6.65. The van der Waals surface area contributed by atoms with E-state index in [2.05, 4.69) is 25.9 Å². The Balaban J connectivity index is 1.59. The molecular weight excluding hydrogens is 609 g/mol. The van der Waals surface area contributed by atoms with Gasteiger partial charge in [0.25, 0.3) is 16.0 Å². The molecule has 0 aromatic carbocycles. The maximum absolute atomic E-state index is 13.3. The fourth-order valence-corrected chi connectivity index (χ4v) is 8.51.